The summed E-state index contributed by atoms with van der Waals surface area (Å²) < 4.78 is 89.8. The number of fused-ring (bicyclic) bond motifs is 3. The number of carbonyl (C=O) groups excluding carboxylic acids is 4. The number of rotatable bonds is 57. The minimum atomic E-state index is -1.78. The van der Waals surface area contributed by atoms with E-state index in [4.69, 9.17) is 86.5 Å². The first-order valence-electron chi connectivity index (χ1n) is 33.6. The number of pyridine rings is 1. The zero-order valence-electron chi connectivity index (χ0n) is 57.6. The predicted molar refractivity (Wildman–Crippen MR) is 358 cm³/mol. The van der Waals surface area contributed by atoms with E-state index in [9.17, 15) is 44.7 Å². The second-order valence-corrected chi connectivity index (χ2v) is 23.1. The van der Waals surface area contributed by atoms with Gasteiger partial charge in [-0.15, -0.1) is 0 Å². The first kappa shape index (κ1) is 83.7. The topological polar surface area (TPSA) is 422 Å². The largest absolute Gasteiger partial charge is 0.460 e. The number of unbranched alkanes of at least 4 members (excludes halogenated alkanes) is 1. The van der Waals surface area contributed by atoms with Gasteiger partial charge in [0, 0.05) is 45.0 Å². The highest BCUT2D eigenvalue weighted by atomic mass is 16.7. The van der Waals surface area contributed by atoms with Crippen molar-refractivity contribution in [1.82, 2.24) is 25.2 Å². The summed E-state index contributed by atoms with van der Waals surface area (Å²) in [6, 6.07) is 10.7. The zero-order valence-corrected chi connectivity index (χ0v) is 57.6. The van der Waals surface area contributed by atoms with Crippen molar-refractivity contribution in [2.24, 2.45) is 5.73 Å². The van der Waals surface area contributed by atoms with E-state index in [1.807, 2.05) is 23.6 Å². The standard InChI is InChI=1S/C66H106N8O25/c1-5-85-45-54-72-57-58(74(54)46-66(2,3)83)48-10-6-7-12-50(48)71-62(57)73-65(82)97-44-47-13-14-52(98-64-61(80)60(79)59(78)53(43-75)99-64)51(42-47)70-56(77)15-18-69-63(81)49(67)11-8-9-17-68-55(76)16-19-86-22-23-88-26-27-90-30-31-92-34-35-94-38-39-96-41-40-95-37-36-93-33-32-91-29-28-89-25-24-87-21-20-84-4/h6-7,10,12-14,42,49,53,59-61,64,75,78-80,83H,5,8-9,11,15-41,43-46,67H2,1-4H3,(H,68,76)(H,69,81)(H,70,77)(H,71,73,82)/t49-,53+,59+,60-,61-,64-/m0/s1. The molecule has 1 aliphatic heterocycles. The van der Waals surface area contributed by atoms with E-state index in [-0.39, 0.29) is 68.9 Å². The van der Waals surface area contributed by atoms with Crippen LogP contribution >= 0.6 is 0 Å². The number of ether oxygens (including phenoxy) is 16. The molecule has 5 rings (SSSR count). The molecule has 2 aromatic carbocycles. The van der Waals surface area contributed by atoms with Crippen LogP contribution in [0.15, 0.2) is 42.5 Å². The number of nitrogens with one attached hydrogen (secondary N) is 4. The molecule has 4 aromatic rings. The highest BCUT2D eigenvalue weighted by Crippen LogP contribution is 2.34. The Morgan fingerprint density at radius 2 is 1.17 bits per heavy atom. The average molecular weight is 1410 g/mol. The molecular weight excluding hydrogens is 1300 g/mol. The van der Waals surface area contributed by atoms with Crippen LogP contribution in [0.2, 0.25) is 0 Å². The summed E-state index contributed by atoms with van der Waals surface area (Å²) in [7, 11) is 1.63. The molecule has 2 aromatic heterocycles. The fraction of sp³-hybridized carbons (Fsp3) is 0.697. The van der Waals surface area contributed by atoms with Gasteiger partial charge in [-0.25, -0.2) is 14.8 Å². The Morgan fingerprint density at radius 1 is 0.626 bits per heavy atom. The molecular formula is C66H106N8O25. The number of methoxy groups -OCH3 is 1. The summed E-state index contributed by atoms with van der Waals surface area (Å²) in [4.78, 5) is 61.7. The highest BCUT2D eigenvalue weighted by Gasteiger charge is 2.45. The number of aromatic nitrogens is 3. The third kappa shape index (κ3) is 33.6. The van der Waals surface area contributed by atoms with Gasteiger partial charge in [-0.1, -0.05) is 24.3 Å². The Hall–Kier alpha value is -6.00. The number of aliphatic hydroxyl groups excluding tert-OH is 4. The Morgan fingerprint density at radius 3 is 1.71 bits per heavy atom. The predicted octanol–water partition coefficient (Wildman–Crippen LogP) is 1.10. The number of amides is 4. The van der Waals surface area contributed by atoms with Crippen LogP contribution in [0, 0.1) is 0 Å². The van der Waals surface area contributed by atoms with Gasteiger partial charge in [0.25, 0.3) is 0 Å². The van der Waals surface area contributed by atoms with Crippen LogP contribution in [0.1, 0.15) is 64.3 Å². The number of aliphatic hydroxyl groups is 5. The van der Waals surface area contributed by atoms with Gasteiger partial charge in [-0.3, -0.25) is 19.7 Å². The number of imidazole rings is 1. The molecule has 1 saturated heterocycles. The van der Waals surface area contributed by atoms with Gasteiger partial charge in [0.1, 0.15) is 54.7 Å². The van der Waals surface area contributed by atoms with Crippen molar-refractivity contribution in [2.75, 3.05) is 196 Å². The Labute approximate surface area is 577 Å². The summed E-state index contributed by atoms with van der Waals surface area (Å²) in [6.07, 6.45) is -7.70. The maximum Gasteiger partial charge on any atom is 0.413 e. The molecule has 99 heavy (non-hydrogen) atoms. The molecule has 560 valence electrons. The zero-order chi connectivity index (χ0) is 71.3. The van der Waals surface area contributed by atoms with Gasteiger partial charge < -0.3 is 128 Å². The molecule has 0 bridgehead atoms. The number of benzene rings is 2. The number of nitrogens with two attached hydrogens (primary N) is 1. The maximum absolute atomic E-state index is 13.5. The molecule has 1 aliphatic rings. The van der Waals surface area contributed by atoms with E-state index < -0.39 is 66.9 Å². The van der Waals surface area contributed by atoms with Crippen molar-refractivity contribution in [1.29, 1.82) is 0 Å². The molecule has 0 saturated carbocycles. The molecule has 0 spiro atoms. The van der Waals surface area contributed by atoms with Crippen molar-refractivity contribution in [2.45, 2.75) is 115 Å². The van der Waals surface area contributed by atoms with Crippen molar-refractivity contribution in [3.05, 3.63) is 53.9 Å². The summed E-state index contributed by atoms with van der Waals surface area (Å²) in [5.41, 5.74) is 6.86. The summed E-state index contributed by atoms with van der Waals surface area (Å²) in [5, 5.41) is 63.8. The van der Waals surface area contributed by atoms with E-state index in [2.05, 4.69) is 26.3 Å². The summed E-state index contributed by atoms with van der Waals surface area (Å²) in [6.45, 7) is 15.3. The maximum atomic E-state index is 13.5. The normalized spacial score (nSPS) is 16.7. The van der Waals surface area contributed by atoms with E-state index in [1.165, 1.54) is 18.2 Å². The van der Waals surface area contributed by atoms with Crippen LogP contribution in [0.5, 0.6) is 5.75 Å². The van der Waals surface area contributed by atoms with Crippen molar-refractivity contribution in [3.8, 4) is 5.75 Å². The second-order valence-electron chi connectivity index (χ2n) is 23.1. The van der Waals surface area contributed by atoms with Gasteiger partial charge in [0.2, 0.25) is 24.0 Å². The van der Waals surface area contributed by atoms with Gasteiger partial charge in [-0.05, 0) is 63.8 Å². The monoisotopic (exact) mass is 1410 g/mol. The minimum Gasteiger partial charge on any atom is -0.460 e. The molecule has 33 heteroatoms. The van der Waals surface area contributed by atoms with Crippen LogP contribution in [0.3, 0.4) is 0 Å². The average Bonchev–Trinajstić information content (AvgIpc) is 1.62. The van der Waals surface area contributed by atoms with Gasteiger partial charge in [0.05, 0.1) is 193 Å². The van der Waals surface area contributed by atoms with Crippen LogP contribution in [0.25, 0.3) is 21.9 Å². The quantitative estimate of drug-likeness (QED) is 0.0277. The molecule has 33 nitrogen and oxygen atoms in total. The SMILES string of the molecule is CCOCc1nc2c(NC(=O)OCc3ccc(O[C@H]4O[C@H](CO)[C@@H](O)[C@H](O)[C@@H]4O)c(NC(=O)CCNC(=O)[C@@H](N)CCCCNC(=O)CCOCCOCCOCCOCCOCCOCCOCCOCCOCCOCCOCCOC)c3)nc3ccccc3c2n1CC(C)(C)O. The van der Waals surface area contributed by atoms with Crippen LogP contribution in [-0.4, -0.2) is 292 Å². The molecule has 3 heterocycles. The van der Waals surface area contributed by atoms with Crippen molar-refractivity contribution < 1.29 is 121 Å². The van der Waals surface area contributed by atoms with Crippen LogP contribution in [-0.2, 0) is 105 Å². The van der Waals surface area contributed by atoms with E-state index in [1.54, 1.807) is 33.1 Å². The number of nitrogens with zero attached hydrogens (tertiary/aromatic N) is 3. The first-order valence-corrected chi connectivity index (χ1v) is 33.6. The Kier molecular flexibility index (Phi) is 41.9. The second kappa shape index (κ2) is 49.5. The molecule has 0 unspecified atom stereocenters. The van der Waals surface area contributed by atoms with E-state index >= 15 is 0 Å². The lowest BCUT2D eigenvalue weighted by Gasteiger charge is -2.39. The number of carbonyl (C=O) groups is 4. The molecule has 0 radical (unpaired) electrons. The first-order chi connectivity index (χ1) is 48.0. The fourth-order valence-electron chi connectivity index (χ4n) is 9.46. The molecule has 0 aliphatic carbocycles. The highest BCUT2D eigenvalue weighted by molar-refractivity contribution is 6.09. The lowest BCUT2D eigenvalue weighted by atomic mass is 9.99. The lowest BCUT2D eigenvalue weighted by molar-refractivity contribution is -0.277. The van der Waals surface area contributed by atoms with Crippen molar-refractivity contribution in [3.63, 3.8) is 0 Å². The molecule has 1 fully saturated rings. The van der Waals surface area contributed by atoms with Gasteiger partial charge in [0.15, 0.2) is 5.82 Å². The van der Waals surface area contributed by atoms with E-state index in [0.717, 1.165) is 5.39 Å². The lowest BCUT2D eigenvalue weighted by Crippen LogP contribution is -2.60. The van der Waals surface area contributed by atoms with E-state index in [0.29, 0.717) is 206 Å². The number of para-hydroxylation sites is 1. The van der Waals surface area contributed by atoms with Crippen LogP contribution < -0.4 is 31.7 Å². The summed E-state index contributed by atoms with van der Waals surface area (Å²) >= 11 is 0. The minimum absolute atomic E-state index is 0.00530. The molecule has 4 amide bonds. The van der Waals surface area contributed by atoms with Crippen LogP contribution in [0.4, 0.5) is 16.3 Å². The van der Waals surface area contributed by atoms with Gasteiger partial charge >= 0.3 is 6.09 Å². The third-order valence-electron chi connectivity index (χ3n) is 14.5. The Bertz CT molecular complexity index is 2890. The number of hydrogen-bond donors (Lipinski definition) is 10. The number of anilines is 2. The van der Waals surface area contributed by atoms with Gasteiger partial charge in [-0.2, -0.15) is 0 Å². The third-order valence-corrected chi connectivity index (χ3v) is 14.5. The molecule has 11 N–H and O–H groups in total. The summed E-state index contributed by atoms with van der Waals surface area (Å²) in [5.74, 6) is -0.763. The molecule has 6 atom stereocenters. The fourth-order valence-corrected chi connectivity index (χ4v) is 9.46. The Balaban J connectivity index is 0.880. The smallest absolute Gasteiger partial charge is 0.413 e. The number of hydrogen-bond acceptors (Lipinski definition) is 28. The van der Waals surface area contributed by atoms with Crippen molar-refractivity contribution >= 4 is 57.3 Å².